The maximum Gasteiger partial charge on any atom is 0.295 e. The first-order valence-electron chi connectivity index (χ1n) is 9.69. The van der Waals surface area contributed by atoms with Gasteiger partial charge in [-0.2, -0.15) is 0 Å². The number of nitrogens with one attached hydrogen (secondary N) is 1. The van der Waals surface area contributed by atoms with Crippen LogP contribution in [0.15, 0.2) is 54.1 Å². The fourth-order valence-electron chi connectivity index (χ4n) is 3.58. The Morgan fingerprint density at radius 3 is 2.35 bits per heavy atom. The molecule has 1 heterocycles. The van der Waals surface area contributed by atoms with Crippen LogP contribution >= 0.6 is 0 Å². The summed E-state index contributed by atoms with van der Waals surface area (Å²) in [7, 11) is 2.99. The first-order chi connectivity index (χ1) is 14.9. The van der Waals surface area contributed by atoms with E-state index in [0.29, 0.717) is 22.6 Å². The van der Waals surface area contributed by atoms with Gasteiger partial charge < -0.3 is 24.8 Å². The number of carbonyl (C=O) groups excluding carboxylic acids is 3. The van der Waals surface area contributed by atoms with Gasteiger partial charge in [0.15, 0.2) is 11.5 Å². The lowest BCUT2D eigenvalue weighted by Crippen LogP contribution is -2.37. The Bertz CT molecular complexity index is 1030. The molecule has 8 heteroatoms. The van der Waals surface area contributed by atoms with Gasteiger partial charge in [-0.3, -0.25) is 14.4 Å². The minimum Gasteiger partial charge on any atom is -0.507 e. The molecule has 1 saturated heterocycles. The number of benzene rings is 2. The van der Waals surface area contributed by atoms with Crippen LogP contribution < -0.4 is 14.8 Å². The molecular formula is C23H24N2O6. The van der Waals surface area contributed by atoms with E-state index in [9.17, 15) is 19.5 Å². The molecular weight excluding hydrogens is 400 g/mol. The third kappa shape index (κ3) is 4.37. The van der Waals surface area contributed by atoms with Gasteiger partial charge in [0.05, 0.1) is 25.8 Å². The molecule has 3 rings (SSSR count). The van der Waals surface area contributed by atoms with Crippen LogP contribution in [0.2, 0.25) is 0 Å². The van der Waals surface area contributed by atoms with E-state index in [1.54, 1.807) is 48.5 Å². The summed E-state index contributed by atoms with van der Waals surface area (Å²) in [6.07, 6.45) is 0. The zero-order valence-corrected chi connectivity index (χ0v) is 17.5. The molecule has 162 valence electrons. The third-order valence-corrected chi connectivity index (χ3v) is 5.04. The number of ketones is 1. The molecule has 1 fully saturated rings. The lowest BCUT2D eigenvalue weighted by Gasteiger charge is -2.26. The van der Waals surface area contributed by atoms with Crippen molar-refractivity contribution in [2.24, 2.45) is 0 Å². The molecule has 0 spiro atoms. The number of amides is 2. The molecule has 1 aliphatic heterocycles. The molecule has 0 unspecified atom stereocenters. The average Bonchev–Trinajstić information content (AvgIpc) is 3.03. The minimum atomic E-state index is -0.853. The lowest BCUT2D eigenvalue weighted by molar-refractivity contribution is -0.140. The van der Waals surface area contributed by atoms with E-state index in [4.69, 9.17) is 9.47 Å². The van der Waals surface area contributed by atoms with Gasteiger partial charge in [-0.15, -0.1) is 0 Å². The molecule has 2 aromatic rings. The Labute approximate surface area is 180 Å². The Morgan fingerprint density at radius 1 is 1.06 bits per heavy atom. The van der Waals surface area contributed by atoms with E-state index in [2.05, 4.69) is 5.32 Å². The highest BCUT2D eigenvalue weighted by molar-refractivity contribution is 6.46. The predicted octanol–water partition coefficient (Wildman–Crippen LogP) is 2.26. The summed E-state index contributed by atoms with van der Waals surface area (Å²) in [4.78, 5) is 38.4. The topological polar surface area (TPSA) is 105 Å². The maximum atomic E-state index is 12.9. The van der Waals surface area contributed by atoms with Crippen LogP contribution in [0.1, 0.15) is 24.1 Å². The van der Waals surface area contributed by atoms with Gasteiger partial charge in [-0.25, -0.2) is 0 Å². The number of aliphatic hydroxyl groups is 1. The molecule has 31 heavy (non-hydrogen) atoms. The Kier molecular flexibility index (Phi) is 6.59. The van der Waals surface area contributed by atoms with Crippen LogP contribution in [-0.4, -0.2) is 54.9 Å². The molecule has 0 saturated carbocycles. The summed E-state index contributed by atoms with van der Waals surface area (Å²) in [5, 5.41) is 13.6. The third-order valence-electron chi connectivity index (χ3n) is 5.04. The normalized spacial score (nSPS) is 17.5. The molecule has 2 amide bonds. The molecule has 0 aliphatic carbocycles. The summed E-state index contributed by atoms with van der Waals surface area (Å²) in [5.41, 5.74) is 0.969. The van der Waals surface area contributed by atoms with Crippen LogP contribution in [0.4, 0.5) is 0 Å². The van der Waals surface area contributed by atoms with Crippen molar-refractivity contribution in [1.82, 2.24) is 10.2 Å². The second kappa shape index (κ2) is 9.34. The predicted molar refractivity (Wildman–Crippen MR) is 114 cm³/mol. The van der Waals surface area contributed by atoms with Crippen molar-refractivity contribution in [1.29, 1.82) is 0 Å². The lowest BCUT2D eigenvalue weighted by atomic mass is 9.95. The Morgan fingerprint density at radius 2 is 1.74 bits per heavy atom. The molecule has 0 aromatic heterocycles. The van der Waals surface area contributed by atoms with Crippen LogP contribution in [0.5, 0.6) is 11.5 Å². The first-order valence-corrected chi connectivity index (χ1v) is 9.69. The fourth-order valence-corrected chi connectivity index (χ4v) is 3.58. The maximum absolute atomic E-state index is 12.9. The van der Waals surface area contributed by atoms with Crippen LogP contribution in [0.3, 0.4) is 0 Å². The molecule has 0 bridgehead atoms. The number of carbonyl (C=O) groups is 3. The van der Waals surface area contributed by atoms with Crippen LogP contribution in [0, 0.1) is 0 Å². The largest absolute Gasteiger partial charge is 0.507 e. The van der Waals surface area contributed by atoms with E-state index < -0.39 is 17.7 Å². The van der Waals surface area contributed by atoms with Crippen molar-refractivity contribution >= 4 is 23.4 Å². The van der Waals surface area contributed by atoms with E-state index in [0.717, 1.165) is 0 Å². The number of Topliss-reactive ketones (excluding diaryl/α,β-unsaturated/α-hetero) is 1. The van der Waals surface area contributed by atoms with E-state index in [1.807, 2.05) is 0 Å². The molecule has 1 atom stereocenters. The van der Waals surface area contributed by atoms with Gasteiger partial charge in [0, 0.05) is 25.6 Å². The molecule has 0 radical (unpaired) electrons. The summed E-state index contributed by atoms with van der Waals surface area (Å²) in [5.74, 6) is -1.13. The zero-order chi connectivity index (χ0) is 22.5. The number of hydrogen-bond acceptors (Lipinski definition) is 6. The number of ether oxygens (including phenoxy) is 2. The Balaban J connectivity index is 2.14. The van der Waals surface area contributed by atoms with Gasteiger partial charge in [0.1, 0.15) is 5.76 Å². The monoisotopic (exact) mass is 424 g/mol. The molecule has 1 aliphatic rings. The number of nitrogens with zero attached hydrogens (tertiary/aromatic N) is 1. The van der Waals surface area contributed by atoms with Gasteiger partial charge >= 0.3 is 0 Å². The Hall–Kier alpha value is -3.81. The number of methoxy groups -OCH3 is 2. The quantitative estimate of drug-likeness (QED) is 0.401. The average molecular weight is 424 g/mol. The van der Waals surface area contributed by atoms with Crippen molar-refractivity contribution in [3.63, 3.8) is 0 Å². The highest BCUT2D eigenvalue weighted by Crippen LogP contribution is 2.41. The van der Waals surface area contributed by atoms with Gasteiger partial charge in [0.2, 0.25) is 5.91 Å². The second-order valence-electron chi connectivity index (χ2n) is 6.96. The smallest absolute Gasteiger partial charge is 0.295 e. The minimum absolute atomic E-state index is 0.0220. The van der Waals surface area contributed by atoms with E-state index in [-0.39, 0.29) is 30.3 Å². The SMILES string of the molecule is COc1ccc([C@@H]2/C(=C(\O)c3ccccc3)C(=O)C(=O)N2CCNC(C)=O)cc1OC. The highest BCUT2D eigenvalue weighted by atomic mass is 16.5. The van der Waals surface area contributed by atoms with Crippen LogP contribution in [-0.2, 0) is 14.4 Å². The fraction of sp³-hybridized carbons (Fsp3) is 0.261. The number of likely N-dealkylation sites (tertiary alicyclic amines) is 1. The zero-order valence-electron chi connectivity index (χ0n) is 17.5. The van der Waals surface area contributed by atoms with E-state index >= 15 is 0 Å². The molecule has 2 aromatic carbocycles. The number of hydrogen-bond donors (Lipinski definition) is 2. The van der Waals surface area contributed by atoms with Crippen LogP contribution in [0.25, 0.3) is 5.76 Å². The summed E-state index contributed by atoms with van der Waals surface area (Å²) in [6, 6.07) is 12.8. The number of rotatable bonds is 7. The summed E-state index contributed by atoms with van der Waals surface area (Å²) >= 11 is 0. The molecule has 8 nitrogen and oxygen atoms in total. The van der Waals surface area contributed by atoms with Crippen molar-refractivity contribution in [2.75, 3.05) is 27.3 Å². The van der Waals surface area contributed by atoms with Crippen molar-refractivity contribution in [3.05, 3.63) is 65.2 Å². The van der Waals surface area contributed by atoms with Gasteiger partial charge in [0.25, 0.3) is 11.7 Å². The summed E-state index contributed by atoms with van der Waals surface area (Å²) < 4.78 is 10.6. The standard InChI is InChI=1S/C23H24N2O6/c1-14(26)24-11-12-25-20(16-9-10-17(30-2)18(13-16)31-3)19(22(28)23(25)29)21(27)15-7-5-4-6-8-15/h4-10,13,20,27H,11-12H2,1-3H3,(H,24,26)/b21-19+/t20-/m1/s1. The number of aliphatic hydroxyl groups excluding tert-OH is 1. The van der Waals surface area contributed by atoms with Gasteiger partial charge in [-0.05, 0) is 17.7 Å². The first kappa shape index (κ1) is 21.9. The highest BCUT2D eigenvalue weighted by Gasteiger charge is 2.46. The molecule has 2 N–H and O–H groups in total. The second-order valence-corrected chi connectivity index (χ2v) is 6.96. The van der Waals surface area contributed by atoms with Crippen molar-refractivity contribution in [2.45, 2.75) is 13.0 Å². The van der Waals surface area contributed by atoms with Crippen molar-refractivity contribution < 1.29 is 29.0 Å². The van der Waals surface area contributed by atoms with Crippen molar-refractivity contribution in [3.8, 4) is 11.5 Å². The van der Waals surface area contributed by atoms with Gasteiger partial charge in [-0.1, -0.05) is 36.4 Å². The summed E-state index contributed by atoms with van der Waals surface area (Å²) in [6.45, 7) is 1.63. The van der Waals surface area contributed by atoms with E-state index in [1.165, 1.54) is 26.0 Å².